The lowest BCUT2D eigenvalue weighted by Crippen LogP contribution is -2.37. The SMILES string of the molecule is C=CC(=O)NC(C)C(C)n1nc(-c2ccc(Oc3c(F)c(F)cc(F)c3F)cc2F)c2c(N)ncnc21.[HH]. The van der Waals surface area contributed by atoms with E-state index in [1.807, 2.05) is 0 Å². The molecule has 3 N–H and O–H groups in total. The molecule has 0 radical (unpaired) electrons. The third kappa shape index (κ3) is 4.67. The maximum atomic E-state index is 15.2. The van der Waals surface area contributed by atoms with Crippen LogP contribution in [0.25, 0.3) is 22.3 Å². The lowest BCUT2D eigenvalue weighted by atomic mass is 10.1. The molecule has 13 heteroatoms. The van der Waals surface area contributed by atoms with E-state index in [2.05, 4.69) is 27.0 Å². The van der Waals surface area contributed by atoms with Gasteiger partial charge in [0, 0.05) is 25.2 Å². The monoisotopic (exact) mass is 520 g/mol. The standard InChI is InChI=1S/C24H19F5N6O2.H2/c1-4-17(36)33-10(2)11(3)35-24-18(23(30)31-9-32-24)21(34-35)13-6-5-12(7-14(13)25)37-22-19(28)15(26)8-16(27)20(22)29;/h4-11H,1H2,2-3H3,(H,33,36)(H2,30,31,32);1H. The van der Waals surface area contributed by atoms with E-state index in [9.17, 15) is 22.4 Å². The molecule has 0 aliphatic carbocycles. The number of ether oxygens (including phenoxy) is 1. The van der Waals surface area contributed by atoms with Gasteiger partial charge in [-0.15, -0.1) is 0 Å². The van der Waals surface area contributed by atoms with Gasteiger partial charge in [-0.2, -0.15) is 13.9 Å². The maximum Gasteiger partial charge on any atom is 0.243 e. The van der Waals surface area contributed by atoms with Gasteiger partial charge in [-0.05, 0) is 32.1 Å². The number of nitrogen functional groups attached to an aromatic ring is 1. The zero-order chi connectivity index (χ0) is 27.0. The van der Waals surface area contributed by atoms with Crippen LogP contribution in [-0.4, -0.2) is 31.7 Å². The Hall–Kier alpha value is -4.55. The van der Waals surface area contributed by atoms with E-state index in [0.717, 1.165) is 18.2 Å². The fraction of sp³-hybridized carbons (Fsp3) is 0.167. The Labute approximate surface area is 208 Å². The summed E-state index contributed by atoms with van der Waals surface area (Å²) in [6.45, 7) is 6.88. The first-order valence-corrected chi connectivity index (χ1v) is 10.8. The molecule has 1 amide bonds. The zero-order valence-electron chi connectivity index (χ0n) is 19.4. The number of anilines is 1. The first kappa shape index (κ1) is 25.5. The normalized spacial score (nSPS) is 12.8. The third-order valence-corrected chi connectivity index (χ3v) is 5.67. The van der Waals surface area contributed by atoms with Crippen LogP contribution in [0.15, 0.2) is 43.2 Å². The summed E-state index contributed by atoms with van der Waals surface area (Å²) >= 11 is 0. The van der Waals surface area contributed by atoms with E-state index in [-0.39, 0.29) is 35.6 Å². The lowest BCUT2D eigenvalue weighted by molar-refractivity contribution is -0.117. The molecule has 2 aromatic carbocycles. The molecule has 8 nitrogen and oxygen atoms in total. The summed E-state index contributed by atoms with van der Waals surface area (Å²) in [5, 5.41) is 7.39. The summed E-state index contributed by atoms with van der Waals surface area (Å²) < 4.78 is 76.5. The van der Waals surface area contributed by atoms with Crippen molar-refractivity contribution in [3.63, 3.8) is 0 Å². The maximum absolute atomic E-state index is 15.2. The molecule has 0 fully saturated rings. The number of nitrogens with two attached hydrogens (primary N) is 1. The van der Waals surface area contributed by atoms with Gasteiger partial charge in [0.1, 0.15) is 29.4 Å². The molecular weight excluding hydrogens is 499 g/mol. The summed E-state index contributed by atoms with van der Waals surface area (Å²) in [6.07, 6.45) is 2.32. The molecule has 37 heavy (non-hydrogen) atoms. The number of carbonyl (C=O) groups is 1. The van der Waals surface area contributed by atoms with Crippen molar-refractivity contribution in [1.82, 2.24) is 25.1 Å². The number of benzene rings is 2. The van der Waals surface area contributed by atoms with Crippen LogP contribution in [0.3, 0.4) is 0 Å². The number of hydrogen-bond acceptors (Lipinski definition) is 6. The van der Waals surface area contributed by atoms with E-state index in [0.29, 0.717) is 0 Å². The van der Waals surface area contributed by atoms with Crippen LogP contribution in [0.1, 0.15) is 21.3 Å². The molecule has 0 saturated heterocycles. The van der Waals surface area contributed by atoms with Gasteiger partial charge in [0.05, 0.1) is 11.4 Å². The van der Waals surface area contributed by atoms with Crippen molar-refractivity contribution in [1.29, 1.82) is 0 Å². The topological polar surface area (TPSA) is 108 Å². The van der Waals surface area contributed by atoms with Crippen LogP contribution in [0, 0.1) is 29.1 Å². The lowest BCUT2D eigenvalue weighted by Gasteiger charge is -2.21. The van der Waals surface area contributed by atoms with Crippen LogP contribution in [0.2, 0.25) is 0 Å². The van der Waals surface area contributed by atoms with Crippen molar-refractivity contribution in [3.05, 3.63) is 72.3 Å². The Kier molecular flexibility index (Phi) is 6.79. The predicted molar refractivity (Wildman–Crippen MR) is 126 cm³/mol. The molecule has 2 atom stereocenters. The molecule has 2 aromatic heterocycles. The second kappa shape index (κ2) is 9.84. The van der Waals surface area contributed by atoms with Gasteiger partial charge >= 0.3 is 0 Å². The number of nitrogens with one attached hydrogen (secondary N) is 1. The first-order valence-electron chi connectivity index (χ1n) is 10.8. The number of hydrogen-bond donors (Lipinski definition) is 2. The van der Waals surface area contributed by atoms with E-state index >= 15 is 4.39 Å². The molecule has 0 aliphatic rings. The van der Waals surface area contributed by atoms with Crippen molar-refractivity contribution in [2.75, 3.05) is 5.73 Å². The molecule has 4 aromatic rings. The number of amides is 1. The van der Waals surface area contributed by atoms with Crippen molar-refractivity contribution in [2.45, 2.75) is 25.9 Å². The molecule has 0 saturated carbocycles. The highest BCUT2D eigenvalue weighted by Gasteiger charge is 2.26. The van der Waals surface area contributed by atoms with Crippen molar-refractivity contribution < 1.29 is 32.9 Å². The van der Waals surface area contributed by atoms with E-state index in [1.54, 1.807) is 13.8 Å². The quantitative estimate of drug-likeness (QED) is 0.200. The van der Waals surface area contributed by atoms with Crippen LogP contribution in [0.5, 0.6) is 11.5 Å². The van der Waals surface area contributed by atoms with Gasteiger partial charge < -0.3 is 15.8 Å². The van der Waals surface area contributed by atoms with Gasteiger partial charge in [-0.1, -0.05) is 6.58 Å². The molecular formula is C24H21F5N6O2. The molecule has 0 spiro atoms. The van der Waals surface area contributed by atoms with Crippen molar-refractivity contribution >= 4 is 22.8 Å². The minimum Gasteiger partial charge on any atom is -0.451 e. The minimum absolute atomic E-state index is 0. The van der Waals surface area contributed by atoms with Gasteiger partial charge in [-0.3, -0.25) is 4.79 Å². The molecule has 2 heterocycles. The summed E-state index contributed by atoms with van der Waals surface area (Å²) in [4.78, 5) is 19.9. The largest absolute Gasteiger partial charge is 0.451 e. The van der Waals surface area contributed by atoms with Crippen molar-refractivity contribution in [2.24, 2.45) is 0 Å². The summed E-state index contributed by atoms with van der Waals surface area (Å²) in [5.74, 6) is -10.1. The third-order valence-electron chi connectivity index (χ3n) is 5.67. The van der Waals surface area contributed by atoms with Gasteiger partial charge in [0.2, 0.25) is 23.3 Å². The number of rotatable bonds is 7. The summed E-state index contributed by atoms with van der Waals surface area (Å²) in [5.41, 5.74) is 6.24. The van der Waals surface area contributed by atoms with Crippen LogP contribution in [-0.2, 0) is 4.79 Å². The number of fused-ring (bicyclic) bond motifs is 1. The molecule has 4 rings (SSSR count). The molecule has 2 unspecified atom stereocenters. The van der Waals surface area contributed by atoms with E-state index in [1.165, 1.54) is 17.1 Å². The molecule has 194 valence electrons. The second-order valence-electron chi connectivity index (χ2n) is 8.03. The number of halogens is 5. The van der Waals surface area contributed by atoms with Crippen LogP contribution in [0.4, 0.5) is 27.8 Å². The van der Waals surface area contributed by atoms with Gasteiger partial charge in [0.15, 0.2) is 17.3 Å². The fourth-order valence-corrected chi connectivity index (χ4v) is 3.59. The Morgan fingerprint density at radius 1 is 1.11 bits per heavy atom. The first-order chi connectivity index (χ1) is 17.5. The van der Waals surface area contributed by atoms with Gasteiger partial charge in [0.25, 0.3) is 0 Å². The van der Waals surface area contributed by atoms with E-state index < -0.39 is 58.6 Å². The predicted octanol–water partition coefficient (Wildman–Crippen LogP) is 5.06. The zero-order valence-corrected chi connectivity index (χ0v) is 19.4. The van der Waals surface area contributed by atoms with Crippen LogP contribution < -0.4 is 15.8 Å². The molecule has 0 aliphatic heterocycles. The van der Waals surface area contributed by atoms with Gasteiger partial charge in [-0.25, -0.2) is 27.8 Å². The number of nitrogens with zero attached hydrogens (tertiary/aromatic N) is 4. The fourth-order valence-electron chi connectivity index (χ4n) is 3.59. The summed E-state index contributed by atoms with van der Waals surface area (Å²) in [7, 11) is 0. The van der Waals surface area contributed by atoms with E-state index in [4.69, 9.17) is 10.5 Å². The second-order valence-corrected chi connectivity index (χ2v) is 8.03. The summed E-state index contributed by atoms with van der Waals surface area (Å²) in [6, 6.07) is 2.17. The highest BCUT2D eigenvalue weighted by Crippen LogP contribution is 2.36. The highest BCUT2D eigenvalue weighted by atomic mass is 19.2. The minimum atomic E-state index is -1.77. The Bertz CT molecular complexity index is 1520. The smallest absolute Gasteiger partial charge is 0.243 e. The Morgan fingerprint density at radius 3 is 2.41 bits per heavy atom. The Morgan fingerprint density at radius 2 is 1.78 bits per heavy atom. The number of carbonyl (C=O) groups excluding carboxylic acids is 1. The van der Waals surface area contributed by atoms with Crippen LogP contribution >= 0.6 is 0 Å². The van der Waals surface area contributed by atoms with Crippen molar-refractivity contribution in [3.8, 4) is 22.8 Å². The molecule has 0 bridgehead atoms. The average molecular weight is 520 g/mol. The number of aromatic nitrogens is 4. The average Bonchev–Trinajstić information content (AvgIpc) is 3.25. The Balaban J connectivity index is 0.00000400. The highest BCUT2D eigenvalue weighted by molar-refractivity contribution is 5.98.